The van der Waals surface area contributed by atoms with Gasteiger partial charge in [0.25, 0.3) is 0 Å². The molecule has 3 aromatic heterocycles. The van der Waals surface area contributed by atoms with Crippen molar-refractivity contribution in [3.05, 3.63) is 52.1 Å². The van der Waals surface area contributed by atoms with Crippen LogP contribution in [-0.2, 0) is 0 Å². The summed E-state index contributed by atoms with van der Waals surface area (Å²) in [5.41, 5.74) is 3.92. The predicted octanol–water partition coefficient (Wildman–Crippen LogP) is 4.99. The molecule has 1 saturated heterocycles. The molecule has 1 N–H and O–H groups in total. The topological polar surface area (TPSA) is 49.2 Å². The summed E-state index contributed by atoms with van der Waals surface area (Å²) in [6.45, 7) is 1.92. The van der Waals surface area contributed by atoms with Crippen molar-refractivity contribution in [1.82, 2.24) is 4.98 Å². The summed E-state index contributed by atoms with van der Waals surface area (Å²) < 4.78 is 6.92. The van der Waals surface area contributed by atoms with Gasteiger partial charge < -0.3 is 14.3 Å². The van der Waals surface area contributed by atoms with E-state index in [1.165, 1.54) is 23.1 Å². The van der Waals surface area contributed by atoms with Crippen LogP contribution in [-0.4, -0.2) is 18.1 Å². The first-order valence-electron chi connectivity index (χ1n) is 8.67. The largest absolute Gasteiger partial charge is 0.439 e. The van der Waals surface area contributed by atoms with E-state index in [1.807, 2.05) is 11.6 Å². The molecule has 0 atom stereocenters. The fourth-order valence-corrected chi connectivity index (χ4v) is 4.53. The molecular weight excluding hydrogens is 332 g/mol. The number of nitrogens with zero attached hydrogens (tertiary/aromatic N) is 1. The second-order valence-corrected chi connectivity index (χ2v) is 7.46. The number of benzene rings is 1. The summed E-state index contributed by atoms with van der Waals surface area (Å²) in [6.07, 6.45) is 5.50. The fraction of sp³-hybridized carbons (Fsp3) is 0.250. The summed E-state index contributed by atoms with van der Waals surface area (Å²) in [5.74, 6) is 0.706. The third-order valence-corrected chi connectivity index (χ3v) is 5.94. The lowest BCUT2D eigenvalue weighted by molar-refractivity contribution is 0.513. The maximum atomic E-state index is 12.6. The van der Waals surface area contributed by atoms with Gasteiger partial charge in [-0.3, -0.25) is 4.79 Å². The Kier molecular flexibility index (Phi) is 3.41. The molecule has 25 heavy (non-hydrogen) atoms. The van der Waals surface area contributed by atoms with E-state index in [4.69, 9.17) is 4.42 Å². The Hall–Kier alpha value is -2.53. The summed E-state index contributed by atoms with van der Waals surface area (Å²) in [6, 6.07) is 10.0. The molecule has 1 aliphatic heterocycles. The SMILES string of the molecule is O=c1cc(N2CCCCC2)oc2c(-c3ccc4cc[nH]c4c3)csc12. The molecule has 1 aliphatic rings. The molecule has 1 fully saturated rings. The third kappa shape index (κ3) is 2.46. The van der Waals surface area contributed by atoms with Crippen molar-refractivity contribution in [3.63, 3.8) is 0 Å². The number of thiophene rings is 1. The van der Waals surface area contributed by atoms with E-state index in [2.05, 4.69) is 34.1 Å². The van der Waals surface area contributed by atoms with Gasteiger partial charge in [0.15, 0.2) is 11.5 Å². The van der Waals surface area contributed by atoms with E-state index in [1.54, 1.807) is 6.07 Å². The molecule has 5 rings (SSSR count). The summed E-state index contributed by atoms with van der Waals surface area (Å²) >= 11 is 1.46. The maximum Gasteiger partial charge on any atom is 0.204 e. The highest BCUT2D eigenvalue weighted by atomic mass is 32.1. The number of fused-ring (bicyclic) bond motifs is 2. The molecule has 4 heterocycles. The number of rotatable bonds is 2. The third-order valence-electron chi connectivity index (χ3n) is 4.96. The van der Waals surface area contributed by atoms with Gasteiger partial charge in [-0.05, 0) is 42.3 Å². The van der Waals surface area contributed by atoms with E-state index >= 15 is 0 Å². The van der Waals surface area contributed by atoms with Crippen molar-refractivity contribution >= 4 is 38.4 Å². The zero-order valence-corrected chi connectivity index (χ0v) is 14.6. The van der Waals surface area contributed by atoms with Gasteiger partial charge >= 0.3 is 0 Å². The highest BCUT2D eigenvalue weighted by Crippen LogP contribution is 2.35. The molecule has 4 aromatic rings. The molecule has 0 spiro atoms. The first kappa shape index (κ1) is 14.8. The van der Waals surface area contributed by atoms with Crippen molar-refractivity contribution in [1.29, 1.82) is 0 Å². The number of H-pyrrole nitrogens is 1. The van der Waals surface area contributed by atoms with E-state index < -0.39 is 0 Å². The van der Waals surface area contributed by atoms with Gasteiger partial charge in [-0.2, -0.15) is 0 Å². The van der Waals surface area contributed by atoms with Crippen molar-refractivity contribution in [2.45, 2.75) is 19.3 Å². The van der Waals surface area contributed by atoms with E-state index in [0.29, 0.717) is 16.2 Å². The van der Waals surface area contributed by atoms with Gasteiger partial charge in [-0.1, -0.05) is 12.1 Å². The Morgan fingerprint density at radius 2 is 1.96 bits per heavy atom. The summed E-state index contributed by atoms with van der Waals surface area (Å²) in [4.78, 5) is 18.0. The van der Waals surface area contributed by atoms with Crippen LogP contribution in [0.3, 0.4) is 0 Å². The Bertz CT molecular complexity index is 1120. The van der Waals surface area contributed by atoms with Gasteiger partial charge in [-0.15, -0.1) is 11.3 Å². The van der Waals surface area contributed by atoms with Crippen molar-refractivity contribution in [2.24, 2.45) is 0 Å². The van der Waals surface area contributed by atoms with Crippen LogP contribution in [0.25, 0.3) is 32.3 Å². The highest BCUT2D eigenvalue weighted by molar-refractivity contribution is 7.17. The number of hydrogen-bond donors (Lipinski definition) is 1. The molecule has 0 amide bonds. The number of aromatic nitrogens is 1. The van der Waals surface area contributed by atoms with Crippen molar-refractivity contribution in [2.75, 3.05) is 18.0 Å². The molecular formula is C20H18N2O2S. The van der Waals surface area contributed by atoms with Gasteiger partial charge in [0.2, 0.25) is 5.43 Å². The summed E-state index contributed by atoms with van der Waals surface area (Å²) in [5, 5.41) is 3.21. The molecule has 126 valence electrons. The lowest BCUT2D eigenvalue weighted by atomic mass is 10.1. The molecule has 5 heteroatoms. The molecule has 1 aromatic carbocycles. The summed E-state index contributed by atoms with van der Waals surface area (Å²) in [7, 11) is 0. The number of piperidine rings is 1. The monoisotopic (exact) mass is 350 g/mol. The lowest BCUT2D eigenvalue weighted by Gasteiger charge is -2.26. The number of hydrogen-bond acceptors (Lipinski definition) is 4. The Morgan fingerprint density at radius 3 is 2.84 bits per heavy atom. The first-order chi connectivity index (χ1) is 12.3. The number of nitrogens with one attached hydrogen (secondary N) is 1. The predicted molar refractivity (Wildman–Crippen MR) is 104 cm³/mol. The standard InChI is InChI=1S/C20H18N2O2S/c23-17-11-18(22-8-2-1-3-9-22)24-19-15(12-25-20(17)19)14-5-4-13-6-7-21-16(13)10-14/h4-7,10-12,21H,1-3,8-9H2. The second-order valence-electron chi connectivity index (χ2n) is 6.58. The Morgan fingerprint density at radius 1 is 1.08 bits per heavy atom. The number of anilines is 1. The Balaban J connectivity index is 1.67. The average Bonchev–Trinajstić information content (AvgIpc) is 3.28. The van der Waals surface area contributed by atoms with Crippen LogP contribution in [0, 0.1) is 0 Å². The first-order valence-corrected chi connectivity index (χ1v) is 9.55. The van der Waals surface area contributed by atoms with E-state index in [9.17, 15) is 4.79 Å². The van der Waals surface area contributed by atoms with E-state index in [0.717, 1.165) is 42.6 Å². The van der Waals surface area contributed by atoms with Crippen LogP contribution in [0.2, 0.25) is 0 Å². The minimum Gasteiger partial charge on any atom is -0.439 e. The minimum atomic E-state index is 0.0547. The zero-order valence-electron chi connectivity index (χ0n) is 13.7. The Labute approximate surface area is 148 Å². The zero-order chi connectivity index (χ0) is 16.8. The van der Waals surface area contributed by atoms with Crippen LogP contribution in [0.4, 0.5) is 5.88 Å². The van der Waals surface area contributed by atoms with Gasteiger partial charge in [0.1, 0.15) is 4.70 Å². The minimum absolute atomic E-state index is 0.0547. The second kappa shape index (κ2) is 5.77. The molecule has 0 unspecified atom stereocenters. The average molecular weight is 350 g/mol. The molecule has 0 aliphatic carbocycles. The quantitative estimate of drug-likeness (QED) is 0.554. The van der Waals surface area contributed by atoms with Crippen LogP contribution < -0.4 is 10.3 Å². The highest BCUT2D eigenvalue weighted by Gasteiger charge is 2.18. The van der Waals surface area contributed by atoms with Gasteiger partial charge in [-0.25, -0.2) is 0 Å². The van der Waals surface area contributed by atoms with Crippen LogP contribution in [0.15, 0.2) is 51.1 Å². The van der Waals surface area contributed by atoms with Gasteiger partial charge in [0, 0.05) is 41.8 Å². The van der Waals surface area contributed by atoms with Crippen LogP contribution in [0.5, 0.6) is 0 Å². The molecule has 4 nitrogen and oxygen atoms in total. The van der Waals surface area contributed by atoms with Crippen LogP contribution >= 0.6 is 11.3 Å². The molecule has 0 saturated carbocycles. The van der Waals surface area contributed by atoms with Crippen molar-refractivity contribution < 1.29 is 4.42 Å². The van der Waals surface area contributed by atoms with Crippen molar-refractivity contribution in [3.8, 4) is 11.1 Å². The number of aromatic amines is 1. The maximum absolute atomic E-state index is 12.6. The molecule has 0 bridgehead atoms. The van der Waals surface area contributed by atoms with Gasteiger partial charge in [0.05, 0.1) is 0 Å². The van der Waals surface area contributed by atoms with E-state index in [-0.39, 0.29) is 5.43 Å². The fourth-order valence-electron chi connectivity index (χ4n) is 3.61. The molecule has 0 radical (unpaired) electrons. The smallest absolute Gasteiger partial charge is 0.204 e. The van der Waals surface area contributed by atoms with Crippen LogP contribution in [0.1, 0.15) is 19.3 Å². The normalized spacial score (nSPS) is 15.3. The lowest BCUT2D eigenvalue weighted by Crippen LogP contribution is -2.29.